The van der Waals surface area contributed by atoms with Crippen molar-refractivity contribution in [1.82, 2.24) is 9.97 Å². The summed E-state index contributed by atoms with van der Waals surface area (Å²) in [6, 6.07) is 1.70. The summed E-state index contributed by atoms with van der Waals surface area (Å²) in [5.74, 6) is 2.03. The van der Waals surface area contributed by atoms with Crippen molar-refractivity contribution in [2.24, 2.45) is 0 Å². The van der Waals surface area contributed by atoms with Crippen LogP contribution in [0.5, 0.6) is 0 Å². The van der Waals surface area contributed by atoms with E-state index < -0.39 is 0 Å². The molecule has 1 heterocycles. The molecule has 102 valence electrons. The van der Waals surface area contributed by atoms with Gasteiger partial charge in [-0.3, -0.25) is 0 Å². The Labute approximate surface area is 108 Å². The van der Waals surface area contributed by atoms with Gasteiger partial charge in [-0.25, -0.2) is 9.97 Å². The number of rotatable bonds is 7. The number of aliphatic hydroxyl groups excluding tert-OH is 1. The molecule has 6 heteroatoms. The standard InChI is InChI=1S/C12H22N4O2/c1-8(2)12-15-10(13)6-11(16-12)14-9(4-5-17)7-18-3/h6,8-9,17H,4-5,7H2,1-3H3,(H3,13,14,15,16). The summed E-state index contributed by atoms with van der Waals surface area (Å²) in [4.78, 5) is 8.58. The zero-order chi connectivity index (χ0) is 13.5. The maximum atomic E-state index is 8.99. The van der Waals surface area contributed by atoms with Gasteiger partial charge in [-0.15, -0.1) is 0 Å². The van der Waals surface area contributed by atoms with E-state index in [1.165, 1.54) is 0 Å². The van der Waals surface area contributed by atoms with Crippen LogP contribution in [-0.2, 0) is 4.74 Å². The molecule has 0 fully saturated rings. The van der Waals surface area contributed by atoms with Gasteiger partial charge in [-0.1, -0.05) is 13.8 Å². The van der Waals surface area contributed by atoms with Crippen molar-refractivity contribution >= 4 is 11.6 Å². The van der Waals surface area contributed by atoms with E-state index in [-0.39, 0.29) is 18.6 Å². The van der Waals surface area contributed by atoms with Crippen molar-refractivity contribution in [3.05, 3.63) is 11.9 Å². The van der Waals surface area contributed by atoms with Gasteiger partial charge in [0.15, 0.2) is 0 Å². The zero-order valence-corrected chi connectivity index (χ0v) is 11.2. The van der Waals surface area contributed by atoms with Crippen LogP contribution >= 0.6 is 0 Å². The summed E-state index contributed by atoms with van der Waals surface area (Å²) in [6.07, 6.45) is 0.592. The molecule has 0 saturated heterocycles. The number of nitrogens with two attached hydrogens (primary N) is 1. The normalized spacial score (nSPS) is 12.7. The smallest absolute Gasteiger partial charge is 0.135 e. The second-order valence-electron chi connectivity index (χ2n) is 4.50. The average Bonchev–Trinajstić information content (AvgIpc) is 2.28. The van der Waals surface area contributed by atoms with Crippen molar-refractivity contribution in [3.8, 4) is 0 Å². The summed E-state index contributed by atoms with van der Waals surface area (Å²) in [5.41, 5.74) is 5.75. The maximum Gasteiger partial charge on any atom is 0.135 e. The van der Waals surface area contributed by atoms with Gasteiger partial charge < -0.3 is 20.9 Å². The molecule has 6 nitrogen and oxygen atoms in total. The molecule has 0 bridgehead atoms. The average molecular weight is 254 g/mol. The highest BCUT2D eigenvalue weighted by Crippen LogP contribution is 2.16. The van der Waals surface area contributed by atoms with E-state index >= 15 is 0 Å². The highest BCUT2D eigenvalue weighted by Gasteiger charge is 2.11. The molecular weight excluding hydrogens is 232 g/mol. The third-order valence-electron chi connectivity index (χ3n) is 2.48. The fourth-order valence-corrected chi connectivity index (χ4v) is 1.58. The zero-order valence-electron chi connectivity index (χ0n) is 11.2. The van der Waals surface area contributed by atoms with Crippen LogP contribution < -0.4 is 11.1 Å². The number of nitrogens with zero attached hydrogens (tertiary/aromatic N) is 2. The van der Waals surface area contributed by atoms with Crippen LogP contribution in [0.3, 0.4) is 0 Å². The predicted molar refractivity (Wildman–Crippen MR) is 71.5 cm³/mol. The first-order valence-electron chi connectivity index (χ1n) is 6.07. The maximum absolute atomic E-state index is 8.99. The first kappa shape index (κ1) is 14.7. The molecule has 0 aliphatic carbocycles. The Morgan fingerprint density at radius 2 is 2.17 bits per heavy atom. The molecule has 1 atom stereocenters. The molecule has 4 N–H and O–H groups in total. The monoisotopic (exact) mass is 254 g/mol. The van der Waals surface area contributed by atoms with E-state index in [1.807, 2.05) is 13.8 Å². The van der Waals surface area contributed by atoms with Gasteiger partial charge >= 0.3 is 0 Å². The lowest BCUT2D eigenvalue weighted by atomic mass is 10.2. The van der Waals surface area contributed by atoms with E-state index in [9.17, 15) is 0 Å². The minimum Gasteiger partial charge on any atom is -0.396 e. The van der Waals surface area contributed by atoms with Gasteiger partial charge in [-0.05, 0) is 6.42 Å². The topological polar surface area (TPSA) is 93.3 Å². The van der Waals surface area contributed by atoms with E-state index in [1.54, 1.807) is 13.2 Å². The molecular formula is C12H22N4O2. The molecule has 0 saturated carbocycles. The Bertz CT molecular complexity index is 365. The number of anilines is 2. The predicted octanol–water partition coefficient (Wildman–Crippen LogP) is 0.991. The third-order valence-corrected chi connectivity index (χ3v) is 2.48. The Morgan fingerprint density at radius 3 is 2.72 bits per heavy atom. The van der Waals surface area contributed by atoms with E-state index in [4.69, 9.17) is 15.6 Å². The van der Waals surface area contributed by atoms with Crippen LogP contribution in [0.1, 0.15) is 32.0 Å². The number of aromatic nitrogens is 2. The second kappa shape index (κ2) is 7.13. The Balaban J connectivity index is 2.81. The minimum atomic E-state index is 0.00862. The number of nitrogens with one attached hydrogen (secondary N) is 1. The first-order valence-corrected chi connectivity index (χ1v) is 6.07. The van der Waals surface area contributed by atoms with E-state index in [0.717, 1.165) is 0 Å². The molecule has 0 aliphatic rings. The summed E-state index contributed by atoms with van der Waals surface area (Å²) in [6.45, 7) is 4.62. The summed E-state index contributed by atoms with van der Waals surface area (Å²) in [7, 11) is 1.62. The molecule has 1 aromatic heterocycles. The van der Waals surface area contributed by atoms with Gasteiger partial charge in [0.2, 0.25) is 0 Å². The molecule has 0 amide bonds. The summed E-state index contributed by atoms with van der Waals surface area (Å²) >= 11 is 0. The highest BCUT2D eigenvalue weighted by atomic mass is 16.5. The van der Waals surface area contributed by atoms with E-state index in [2.05, 4.69) is 15.3 Å². The first-order chi connectivity index (χ1) is 8.56. The van der Waals surface area contributed by atoms with Crippen LogP contribution in [0.2, 0.25) is 0 Å². The number of nitrogen functional groups attached to an aromatic ring is 1. The molecule has 0 radical (unpaired) electrons. The van der Waals surface area contributed by atoms with Gasteiger partial charge in [0.1, 0.15) is 17.5 Å². The lowest BCUT2D eigenvalue weighted by Crippen LogP contribution is -2.27. The largest absolute Gasteiger partial charge is 0.396 e. The Hall–Kier alpha value is -1.40. The quantitative estimate of drug-likeness (QED) is 0.672. The summed E-state index contributed by atoms with van der Waals surface area (Å²) in [5, 5.41) is 12.2. The Morgan fingerprint density at radius 1 is 1.44 bits per heavy atom. The third kappa shape index (κ3) is 4.46. The fourth-order valence-electron chi connectivity index (χ4n) is 1.58. The number of hydrogen-bond donors (Lipinski definition) is 3. The van der Waals surface area contributed by atoms with Crippen LogP contribution in [-0.4, -0.2) is 41.4 Å². The second-order valence-corrected chi connectivity index (χ2v) is 4.50. The highest BCUT2D eigenvalue weighted by molar-refractivity contribution is 5.45. The fraction of sp³-hybridized carbons (Fsp3) is 0.667. The molecule has 0 aliphatic heterocycles. The van der Waals surface area contributed by atoms with Crippen molar-refractivity contribution < 1.29 is 9.84 Å². The van der Waals surface area contributed by atoms with Crippen LogP contribution in [0.4, 0.5) is 11.6 Å². The van der Waals surface area contributed by atoms with E-state index in [0.29, 0.717) is 30.5 Å². The van der Waals surface area contributed by atoms with Crippen molar-refractivity contribution in [2.75, 3.05) is 31.4 Å². The lowest BCUT2D eigenvalue weighted by molar-refractivity contribution is 0.170. The van der Waals surface area contributed by atoms with Crippen molar-refractivity contribution in [2.45, 2.75) is 32.2 Å². The van der Waals surface area contributed by atoms with Gasteiger partial charge in [0.05, 0.1) is 12.6 Å². The van der Waals surface area contributed by atoms with Crippen molar-refractivity contribution in [3.63, 3.8) is 0 Å². The van der Waals surface area contributed by atoms with Crippen LogP contribution in [0.25, 0.3) is 0 Å². The van der Waals surface area contributed by atoms with Crippen molar-refractivity contribution in [1.29, 1.82) is 0 Å². The van der Waals surface area contributed by atoms with Crippen LogP contribution in [0, 0.1) is 0 Å². The molecule has 18 heavy (non-hydrogen) atoms. The lowest BCUT2D eigenvalue weighted by Gasteiger charge is -2.18. The molecule has 1 rings (SSSR count). The van der Waals surface area contributed by atoms with Gasteiger partial charge in [0, 0.05) is 25.7 Å². The van der Waals surface area contributed by atoms with Gasteiger partial charge in [-0.2, -0.15) is 0 Å². The van der Waals surface area contributed by atoms with Gasteiger partial charge in [0.25, 0.3) is 0 Å². The number of hydrogen-bond acceptors (Lipinski definition) is 6. The summed E-state index contributed by atoms with van der Waals surface area (Å²) < 4.78 is 5.09. The number of aliphatic hydroxyl groups is 1. The van der Waals surface area contributed by atoms with Crippen LogP contribution in [0.15, 0.2) is 6.07 Å². The number of ether oxygens (including phenoxy) is 1. The minimum absolute atomic E-state index is 0.00862. The molecule has 0 aromatic carbocycles. The number of methoxy groups -OCH3 is 1. The Kier molecular flexibility index (Phi) is 5.80. The molecule has 1 unspecified atom stereocenters. The molecule has 1 aromatic rings. The molecule has 0 spiro atoms. The SMILES string of the molecule is COCC(CCO)Nc1cc(N)nc(C(C)C)n1.